The van der Waals surface area contributed by atoms with E-state index < -0.39 is 0 Å². The van der Waals surface area contributed by atoms with Gasteiger partial charge in [0.15, 0.2) is 0 Å². The molecule has 1 amide bonds. The number of carbonyl (C=O) groups excluding carboxylic acids is 1. The maximum atomic E-state index is 13.6. The van der Waals surface area contributed by atoms with Gasteiger partial charge in [-0.3, -0.25) is 9.69 Å². The van der Waals surface area contributed by atoms with Gasteiger partial charge >= 0.3 is 0 Å². The summed E-state index contributed by atoms with van der Waals surface area (Å²) in [5.74, 6) is 1.59. The largest absolute Gasteiger partial charge is 0.338 e. The van der Waals surface area contributed by atoms with Crippen LogP contribution in [-0.2, 0) is 18.3 Å². The molecule has 144 valence electrons. The molecule has 4 rings (SSSR count). The molecule has 0 N–H and O–H groups in total. The molecule has 2 aliphatic rings. The molecule has 0 bridgehead atoms. The lowest BCUT2D eigenvalue weighted by atomic mass is 9.91. The van der Waals surface area contributed by atoms with Gasteiger partial charge in [-0.25, -0.2) is 9.37 Å². The second kappa shape index (κ2) is 7.80. The normalized spacial score (nSPS) is 22.4. The lowest BCUT2D eigenvalue weighted by Gasteiger charge is -2.41. The Labute approximate surface area is 159 Å². The van der Waals surface area contributed by atoms with E-state index >= 15 is 0 Å². The molecule has 0 spiro atoms. The third kappa shape index (κ3) is 3.90. The summed E-state index contributed by atoms with van der Waals surface area (Å²) in [6.07, 6.45) is 8.89. The predicted octanol–water partition coefficient (Wildman–Crippen LogP) is 3.01. The molecule has 1 unspecified atom stereocenters. The number of aryl methyl sites for hydroxylation is 1. The van der Waals surface area contributed by atoms with Crippen LogP contribution < -0.4 is 4.90 Å². The Morgan fingerprint density at radius 3 is 2.70 bits per heavy atom. The van der Waals surface area contributed by atoms with Crippen molar-refractivity contribution in [3.05, 3.63) is 48.3 Å². The third-order valence-electron chi connectivity index (χ3n) is 6.01. The van der Waals surface area contributed by atoms with Crippen LogP contribution in [0.3, 0.4) is 0 Å². The highest BCUT2D eigenvalue weighted by atomic mass is 19.1. The molecule has 2 aliphatic heterocycles. The van der Waals surface area contributed by atoms with E-state index in [-0.39, 0.29) is 17.8 Å². The summed E-state index contributed by atoms with van der Waals surface area (Å²) in [6, 6.07) is 6.30. The molecule has 1 aromatic heterocycles. The summed E-state index contributed by atoms with van der Waals surface area (Å²) in [4.78, 5) is 21.6. The van der Waals surface area contributed by atoms with Crippen molar-refractivity contribution in [1.29, 1.82) is 0 Å². The van der Waals surface area contributed by atoms with Crippen LogP contribution in [0.2, 0.25) is 0 Å². The van der Waals surface area contributed by atoms with Crippen molar-refractivity contribution in [2.24, 2.45) is 13.0 Å². The van der Waals surface area contributed by atoms with E-state index in [0.29, 0.717) is 18.2 Å². The number of halogens is 1. The predicted molar refractivity (Wildman–Crippen MR) is 103 cm³/mol. The van der Waals surface area contributed by atoms with Gasteiger partial charge < -0.3 is 9.47 Å². The first-order valence-corrected chi connectivity index (χ1v) is 9.89. The minimum absolute atomic E-state index is 0.0730. The summed E-state index contributed by atoms with van der Waals surface area (Å²) in [5.41, 5.74) is 0.675. The van der Waals surface area contributed by atoms with Crippen molar-refractivity contribution in [2.45, 2.75) is 38.1 Å². The summed E-state index contributed by atoms with van der Waals surface area (Å²) in [5, 5.41) is 0. The molecule has 2 aromatic rings. The number of imidazole rings is 1. The molecule has 5 nitrogen and oxygen atoms in total. The highest BCUT2D eigenvalue weighted by molar-refractivity contribution is 5.97. The van der Waals surface area contributed by atoms with Gasteiger partial charge in [0.05, 0.1) is 6.04 Å². The minimum atomic E-state index is -0.294. The average Bonchev–Trinajstić information content (AvgIpc) is 3.07. The maximum Gasteiger partial charge on any atom is 0.244 e. The summed E-state index contributed by atoms with van der Waals surface area (Å²) in [6.45, 7) is 2.57. The summed E-state index contributed by atoms with van der Waals surface area (Å²) in [7, 11) is 2.04. The van der Waals surface area contributed by atoms with Crippen molar-refractivity contribution in [3.8, 4) is 0 Å². The minimum Gasteiger partial charge on any atom is -0.338 e. The summed E-state index contributed by atoms with van der Waals surface area (Å²) < 4.78 is 15.7. The fraction of sp³-hybridized carbons (Fsp3) is 0.524. The molecule has 2 fully saturated rings. The average molecular weight is 370 g/mol. The first kappa shape index (κ1) is 18.2. The number of carbonyl (C=O) groups is 1. The Morgan fingerprint density at radius 1 is 1.19 bits per heavy atom. The standard InChI is InChI=1S/C21H27FN4O/c1-24-13-9-23-20(24)14-16-7-11-25(12-8-16)19-6-3-10-26(21(19)27)18-5-2-4-17(22)15-18/h2,4-5,9,13,15-16,19H,3,6-8,10-12,14H2,1H3. The zero-order valence-electron chi connectivity index (χ0n) is 15.9. The van der Waals surface area contributed by atoms with Gasteiger partial charge in [-0.1, -0.05) is 6.07 Å². The van der Waals surface area contributed by atoms with Gasteiger partial charge in [-0.2, -0.15) is 0 Å². The van der Waals surface area contributed by atoms with E-state index in [1.807, 2.05) is 25.5 Å². The van der Waals surface area contributed by atoms with Crippen molar-refractivity contribution in [2.75, 3.05) is 24.5 Å². The van der Waals surface area contributed by atoms with Gasteiger partial charge in [0, 0.05) is 38.1 Å². The number of benzene rings is 1. The molecule has 0 aliphatic carbocycles. The van der Waals surface area contributed by atoms with Gasteiger partial charge in [0.2, 0.25) is 5.91 Å². The number of likely N-dealkylation sites (tertiary alicyclic amines) is 1. The van der Waals surface area contributed by atoms with Crippen LogP contribution in [0, 0.1) is 11.7 Å². The number of piperidine rings is 2. The van der Waals surface area contributed by atoms with E-state index in [2.05, 4.69) is 14.5 Å². The number of nitrogens with zero attached hydrogens (tertiary/aromatic N) is 4. The van der Waals surface area contributed by atoms with Crippen LogP contribution >= 0.6 is 0 Å². The second-order valence-electron chi connectivity index (χ2n) is 7.77. The Balaban J connectivity index is 1.37. The molecule has 2 saturated heterocycles. The van der Waals surface area contributed by atoms with Crippen molar-refractivity contribution < 1.29 is 9.18 Å². The molecular weight excluding hydrogens is 343 g/mol. The molecular formula is C21H27FN4O. The van der Waals surface area contributed by atoms with Crippen molar-refractivity contribution >= 4 is 11.6 Å². The monoisotopic (exact) mass is 370 g/mol. The van der Waals surface area contributed by atoms with E-state index in [1.165, 1.54) is 12.1 Å². The zero-order valence-corrected chi connectivity index (χ0v) is 15.9. The lowest BCUT2D eigenvalue weighted by molar-refractivity contribution is -0.126. The van der Waals surface area contributed by atoms with Crippen molar-refractivity contribution in [1.82, 2.24) is 14.5 Å². The van der Waals surface area contributed by atoms with E-state index in [4.69, 9.17) is 0 Å². The number of amides is 1. The number of aromatic nitrogens is 2. The Morgan fingerprint density at radius 2 is 2.00 bits per heavy atom. The Kier molecular flexibility index (Phi) is 5.25. The van der Waals surface area contributed by atoms with Crippen LogP contribution in [0.1, 0.15) is 31.5 Å². The van der Waals surface area contributed by atoms with Crippen LogP contribution in [0.15, 0.2) is 36.7 Å². The van der Waals surface area contributed by atoms with E-state index in [9.17, 15) is 9.18 Å². The first-order chi connectivity index (χ1) is 13.1. The highest BCUT2D eigenvalue weighted by Crippen LogP contribution is 2.28. The van der Waals surface area contributed by atoms with E-state index in [0.717, 1.165) is 51.0 Å². The molecule has 1 atom stereocenters. The second-order valence-corrected chi connectivity index (χ2v) is 7.77. The molecule has 0 saturated carbocycles. The zero-order chi connectivity index (χ0) is 18.8. The SMILES string of the molecule is Cn1ccnc1CC1CCN(C2CCCN(c3cccc(F)c3)C2=O)CC1. The van der Waals surface area contributed by atoms with Gasteiger partial charge in [0.25, 0.3) is 0 Å². The molecule has 1 aromatic carbocycles. The van der Waals surface area contributed by atoms with Crippen LogP contribution in [-0.4, -0.2) is 46.0 Å². The van der Waals surface area contributed by atoms with Gasteiger partial charge in [-0.15, -0.1) is 0 Å². The molecule has 0 radical (unpaired) electrons. The van der Waals surface area contributed by atoms with Crippen LogP contribution in [0.4, 0.5) is 10.1 Å². The Bertz CT molecular complexity index is 797. The van der Waals surface area contributed by atoms with Crippen LogP contribution in [0.25, 0.3) is 0 Å². The number of rotatable bonds is 4. The maximum absolute atomic E-state index is 13.6. The molecule has 27 heavy (non-hydrogen) atoms. The first-order valence-electron chi connectivity index (χ1n) is 9.89. The number of hydrogen-bond acceptors (Lipinski definition) is 3. The fourth-order valence-corrected chi connectivity index (χ4v) is 4.42. The number of anilines is 1. The van der Waals surface area contributed by atoms with E-state index in [1.54, 1.807) is 11.0 Å². The quantitative estimate of drug-likeness (QED) is 0.831. The molecule has 6 heteroatoms. The molecule has 3 heterocycles. The van der Waals surface area contributed by atoms with Gasteiger partial charge in [-0.05, 0) is 62.9 Å². The topological polar surface area (TPSA) is 41.4 Å². The lowest BCUT2D eigenvalue weighted by Crippen LogP contribution is -2.54. The highest BCUT2D eigenvalue weighted by Gasteiger charge is 2.35. The summed E-state index contributed by atoms with van der Waals surface area (Å²) >= 11 is 0. The smallest absolute Gasteiger partial charge is 0.244 e. The van der Waals surface area contributed by atoms with Crippen molar-refractivity contribution in [3.63, 3.8) is 0 Å². The number of hydrogen-bond donors (Lipinski definition) is 0. The van der Waals surface area contributed by atoms with Crippen LogP contribution in [0.5, 0.6) is 0 Å². The Hall–Kier alpha value is -2.21. The van der Waals surface area contributed by atoms with Gasteiger partial charge in [0.1, 0.15) is 11.6 Å². The third-order valence-corrected chi connectivity index (χ3v) is 6.01. The fourth-order valence-electron chi connectivity index (χ4n) is 4.42.